The van der Waals surface area contributed by atoms with Crippen LogP contribution in [0.15, 0.2) is 0 Å². The monoisotopic (exact) mass is 370 g/mol. The summed E-state index contributed by atoms with van der Waals surface area (Å²) in [6.07, 6.45) is 17.1. The second-order valence-electron chi connectivity index (χ2n) is 8.14. The molecule has 0 radical (unpaired) electrons. The van der Waals surface area contributed by atoms with Gasteiger partial charge in [0.25, 0.3) is 0 Å². The van der Waals surface area contributed by atoms with Crippen LogP contribution in [0.3, 0.4) is 0 Å². The molecule has 2 unspecified atom stereocenters. The molecule has 0 aromatic heterocycles. The van der Waals surface area contributed by atoms with Gasteiger partial charge in [-0.25, -0.2) is 4.79 Å². The summed E-state index contributed by atoms with van der Waals surface area (Å²) in [5.41, 5.74) is 0. The van der Waals surface area contributed by atoms with Gasteiger partial charge in [-0.1, -0.05) is 105 Å². The van der Waals surface area contributed by atoms with Gasteiger partial charge in [0, 0.05) is 0 Å². The minimum absolute atomic E-state index is 0.488. The van der Waals surface area contributed by atoms with Gasteiger partial charge in [-0.15, -0.1) is 0 Å². The Bertz CT molecular complexity index is 276. The molecular weight excluding hydrogens is 324 g/mol. The Labute approximate surface area is 163 Å². The summed E-state index contributed by atoms with van der Waals surface area (Å²) in [6.45, 7) is 9.96. The molecule has 0 aliphatic carbocycles. The molecule has 0 fully saturated rings. The van der Waals surface area contributed by atoms with Gasteiger partial charge in [-0.2, -0.15) is 0 Å². The van der Waals surface area contributed by atoms with E-state index in [0.717, 1.165) is 12.8 Å². The second-order valence-corrected chi connectivity index (χ2v) is 8.14. The van der Waals surface area contributed by atoms with Gasteiger partial charge in [-0.05, 0) is 24.7 Å². The fourth-order valence-electron chi connectivity index (χ4n) is 3.21. The molecular formula is C23H46O3. The van der Waals surface area contributed by atoms with Gasteiger partial charge in [0.2, 0.25) is 0 Å². The molecule has 0 amide bonds. The third kappa shape index (κ3) is 18.1. The highest BCUT2D eigenvalue weighted by Gasteiger charge is 2.08. The fourth-order valence-corrected chi connectivity index (χ4v) is 3.21. The van der Waals surface area contributed by atoms with Crippen LogP contribution in [0, 0.1) is 11.8 Å². The highest BCUT2D eigenvalue weighted by atomic mass is 16.7. The van der Waals surface area contributed by atoms with Gasteiger partial charge < -0.3 is 9.47 Å². The first-order chi connectivity index (χ1) is 12.6. The van der Waals surface area contributed by atoms with Crippen LogP contribution in [0.1, 0.15) is 118 Å². The lowest BCUT2D eigenvalue weighted by Gasteiger charge is -2.13. The van der Waals surface area contributed by atoms with E-state index in [1.165, 1.54) is 77.0 Å². The van der Waals surface area contributed by atoms with Crippen molar-refractivity contribution in [3.8, 4) is 0 Å². The normalized spacial score (nSPS) is 13.4. The predicted octanol–water partition coefficient (Wildman–Crippen LogP) is 7.91. The van der Waals surface area contributed by atoms with Crippen LogP contribution in [0.5, 0.6) is 0 Å². The highest BCUT2D eigenvalue weighted by Crippen LogP contribution is 2.16. The summed E-state index contributed by atoms with van der Waals surface area (Å²) in [4.78, 5) is 11.6. The summed E-state index contributed by atoms with van der Waals surface area (Å²) in [5.74, 6) is 1.24. The molecule has 0 spiro atoms. The minimum atomic E-state index is -0.490. The molecule has 3 heteroatoms. The summed E-state index contributed by atoms with van der Waals surface area (Å²) < 4.78 is 10.4. The number of rotatable bonds is 18. The number of hydrogen-bond acceptors (Lipinski definition) is 3. The summed E-state index contributed by atoms with van der Waals surface area (Å²) >= 11 is 0. The van der Waals surface area contributed by atoms with Crippen molar-refractivity contribution >= 4 is 6.16 Å². The van der Waals surface area contributed by atoms with Gasteiger partial charge in [-0.3, -0.25) is 0 Å². The van der Waals surface area contributed by atoms with E-state index in [4.69, 9.17) is 9.47 Å². The smallest absolute Gasteiger partial charge is 0.434 e. The second kappa shape index (κ2) is 19.0. The Kier molecular flexibility index (Phi) is 18.5. The van der Waals surface area contributed by atoms with Crippen LogP contribution in [0.25, 0.3) is 0 Å². The van der Waals surface area contributed by atoms with Gasteiger partial charge in [0.15, 0.2) is 0 Å². The van der Waals surface area contributed by atoms with E-state index in [1.54, 1.807) is 0 Å². The van der Waals surface area contributed by atoms with Crippen LogP contribution in [-0.4, -0.2) is 19.4 Å². The molecule has 0 rings (SSSR count). The molecule has 2 atom stereocenters. The number of unbranched alkanes of at least 4 members (excludes halogenated alkanes) is 8. The standard InChI is InChI=1S/C23H46O3/c1-5-7-9-11-13-15-21(3)17-19-25-23(24)26-20-18-22(4)16-14-12-10-8-6-2/h21-22H,5-20H2,1-4H3. The van der Waals surface area contributed by atoms with Crippen LogP contribution in [0.2, 0.25) is 0 Å². The quantitative estimate of drug-likeness (QED) is 0.181. The first-order valence-electron chi connectivity index (χ1n) is 11.4. The van der Waals surface area contributed by atoms with Crippen molar-refractivity contribution in [2.24, 2.45) is 11.8 Å². The van der Waals surface area contributed by atoms with Gasteiger partial charge >= 0.3 is 6.16 Å². The van der Waals surface area contributed by atoms with Gasteiger partial charge in [0.1, 0.15) is 0 Å². The average molecular weight is 371 g/mol. The van der Waals surface area contributed by atoms with Crippen LogP contribution >= 0.6 is 0 Å². The topological polar surface area (TPSA) is 35.5 Å². The van der Waals surface area contributed by atoms with E-state index in [1.807, 2.05) is 0 Å². The summed E-state index contributed by atoms with van der Waals surface area (Å²) in [7, 11) is 0. The molecule has 0 aliphatic heterocycles. The Balaban J connectivity index is 3.45. The van der Waals surface area contributed by atoms with Crippen molar-refractivity contribution in [2.45, 2.75) is 118 Å². The van der Waals surface area contributed by atoms with Gasteiger partial charge in [0.05, 0.1) is 13.2 Å². The average Bonchev–Trinajstić information content (AvgIpc) is 2.61. The first-order valence-corrected chi connectivity index (χ1v) is 11.4. The van der Waals surface area contributed by atoms with Crippen molar-refractivity contribution in [1.82, 2.24) is 0 Å². The highest BCUT2D eigenvalue weighted by molar-refractivity contribution is 5.59. The molecule has 0 bridgehead atoms. The molecule has 0 aliphatic rings. The van der Waals surface area contributed by atoms with E-state index in [0.29, 0.717) is 25.0 Å². The SMILES string of the molecule is CCCCCCCC(C)CCOC(=O)OCCC(C)CCCCCCC. The molecule has 0 saturated carbocycles. The molecule has 156 valence electrons. The number of carbonyl (C=O) groups is 1. The van der Waals surface area contributed by atoms with Crippen molar-refractivity contribution in [3.05, 3.63) is 0 Å². The molecule has 0 saturated heterocycles. The Morgan fingerprint density at radius 1 is 0.615 bits per heavy atom. The largest absolute Gasteiger partial charge is 0.508 e. The molecule has 0 heterocycles. The Hall–Kier alpha value is -0.730. The lowest BCUT2D eigenvalue weighted by molar-refractivity contribution is 0.0482. The maximum atomic E-state index is 11.6. The van der Waals surface area contributed by atoms with E-state index in [2.05, 4.69) is 27.7 Å². The maximum Gasteiger partial charge on any atom is 0.508 e. The lowest BCUT2D eigenvalue weighted by Crippen LogP contribution is -2.12. The molecule has 26 heavy (non-hydrogen) atoms. The van der Waals surface area contributed by atoms with Crippen LogP contribution in [0.4, 0.5) is 4.79 Å². The zero-order valence-corrected chi connectivity index (χ0v) is 18.2. The number of carbonyl (C=O) groups excluding carboxylic acids is 1. The van der Waals surface area contributed by atoms with Crippen LogP contribution in [-0.2, 0) is 9.47 Å². The van der Waals surface area contributed by atoms with Crippen molar-refractivity contribution in [2.75, 3.05) is 13.2 Å². The summed E-state index contributed by atoms with van der Waals surface area (Å²) in [6, 6.07) is 0. The fraction of sp³-hybridized carbons (Fsp3) is 0.957. The van der Waals surface area contributed by atoms with Crippen LogP contribution < -0.4 is 0 Å². The summed E-state index contributed by atoms with van der Waals surface area (Å²) in [5, 5.41) is 0. The lowest BCUT2D eigenvalue weighted by atomic mass is 9.99. The zero-order valence-electron chi connectivity index (χ0n) is 18.2. The third-order valence-corrected chi connectivity index (χ3v) is 5.26. The molecule has 3 nitrogen and oxygen atoms in total. The maximum absolute atomic E-state index is 11.6. The molecule has 0 aromatic rings. The van der Waals surface area contributed by atoms with E-state index in [9.17, 15) is 4.79 Å². The number of ether oxygens (including phenoxy) is 2. The van der Waals surface area contributed by atoms with E-state index in [-0.39, 0.29) is 0 Å². The zero-order chi connectivity index (χ0) is 19.5. The van der Waals surface area contributed by atoms with Crippen molar-refractivity contribution in [3.63, 3.8) is 0 Å². The van der Waals surface area contributed by atoms with E-state index >= 15 is 0 Å². The van der Waals surface area contributed by atoms with Crippen molar-refractivity contribution in [1.29, 1.82) is 0 Å². The third-order valence-electron chi connectivity index (χ3n) is 5.26. The van der Waals surface area contributed by atoms with E-state index < -0.39 is 6.16 Å². The Morgan fingerprint density at radius 2 is 1.00 bits per heavy atom. The van der Waals surface area contributed by atoms with Crippen molar-refractivity contribution < 1.29 is 14.3 Å². The Morgan fingerprint density at radius 3 is 1.38 bits per heavy atom. The predicted molar refractivity (Wildman–Crippen MR) is 112 cm³/mol. The molecule has 0 N–H and O–H groups in total. The number of hydrogen-bond donors (Lipinski definition) is 0. The molecule has 0 aromatic carbocycles. The first kappa shape index (κ1) is 25.3. The minimum Gasteiger partial charge on any atom is -0.434 e.